The Balaban J connectivity index is 1.43. The van der Waals surface area contributed by atoms with E-state index in [1.807, 2.05) is 0 Å². The van der Waals surface area contributed by atoms with E-state index in [4.69, 9.17) is 4.74 Å². The van der Waals surface area contributed by atoms with Gasteiger partial charge in [-0.2, -0.15) is 4.31 Å². The molecular weight excluding hydrogens is 462 g/mol. The van der Waals surface area contributed by atoms with Gasteiger partial charge in [-0.1, -0.05) is 18.6 Å². The summed E-state index contributed by atoms with van der Waals surface area (Å²) >= 11 is 0. The Morgan fingerprint density at radius 1 is 0.971 bits per heavy atom. The number of sulfonamides is 1. The quantitative estimate of drug-likeness (QED) is 0.488. The van der Waals surface area contributed by atoms with Crippen LogP contribution in [0.3, 0.4) is 0 Å². The molecule has 0 aliphatic carbocycles. The van der Waals surface area contributed by atoms with E-state index in [1.54, 1.807) is 0 Å². The fraction of sp³-hybridized carbons (Fsp3) is 0.304. The van der Waals surface area contributed by atoms with Gasteiger partial charge in [0.1, 0.15) is 0 Å². The minimum absolute atomic E-state index is 0.148. The maximum atomic E-state index is 13.0. The number of amides is 3. The second-order valence-electron chi connectivity index (χ2n) is 8.01. The molecule has 0 aromatic heterocycles. The number of anilines is 1. The van der Waals surface area contributed by atoms with Crippen LogP contribution in [-0.4, -0.2) is 68.1 Å². The van der Waals surface area contributed by atoms with Crippen molar-refractivity contribution in [2.75, 3.05) is 32.1 Å². The molecule has 10 nitrogen and oxygen atoms in total. The zero-order valence-corrected chi connectivity index (χ0v) is 19.3. The summed E-state index contributed by atoms with van der Waals surface area (Å²) in [6.45, 7) is 0.109. The predicted molar refractivity (Wildman–Crippen MR) is 121 cm³/mol. The number of imide groups is 1. The number of fused-ring (bicyclic) bond motifs is 1. The minimum atomic E-state index is -3.88. The molecule has 0 saturated carbocycles. The third-order valence-electron chi connectivity index (χ3n) is 5.75. The molecule has 0 bridgehead atoms. The fourth-order valence-corrected chi connectivity index (χ4v) is 5.65. The van der Waals surface area contributed by atoms with Crippen LogP contribution in [0.5, 0.6) is 0 Å². The van der Waals surface area contributed by atoms with Crippen molar-refractivity contribution in [2.24, 2.45) is 0 Å². The standard InChI is InChI=1S/C23H23N3O7S/c1-25-21(28)16-10-9-15(13-18(16)22(25)29)24-20(27)14-33-23(30)17-7-3-4-8-19(17)34(31,32)26-11-5-2-6-12-26/h3-4,7-10,13H,2,5-6,11-12,14H2,1H3,(H,24,27). The molecule has 0 spiro atoms. The number of hydrogen-bond donors (Lipinski definition) is 1. The van der Waals surface area contributed by atoms with E-state index in [1.165, 1.54) is 53.8 Å². The fourth-order valence-electron chi connectivity index (χ4n) is 3.95. The lowest BCUT2D eigenvalue weighted by Gasteiger charge is -2.26. The number of nitrogens with zero attached hydrogens (tertiary/aromatic N) is 2. The van der Waals surface area contributed by atoms with E-state index in [0.29, 0.717) is 13.1 Å². The molecule has 34 heavy (non-hydrogen) atoms. The van der Waals surface area contributed by atoms with Crippen LogP contribution >= 0.6 is 0 Å². The second kappa shape index (κ2) is 9.35. The van der Waals surface area contributed by atoms with E-state index in [9.17, 15) is 27.6 Å². The Labute approximate surface area is 196 Å². The van der Waals surface area contributed by atoms with Crippen molar-refractivity contribution >= 4 is 39.4 Å². The lowest BCUT2D eigenvalue weighted by atomic mass is 10.1. The topological polar surface area (TPSA) is 130 Å². The molecule has 2 aliphatic heterocycles. The molecule has 2 aromatic rings. The summed E-state index contributed by atoms with van der Waals surface area (Å²) in [7, 11) is -2.51. The van der Waals surface area contributed by atoms with Crippen molar-refractivity contribution in [3.05, 3.63) is 59.2 Å². The number of nitrogens with one attached hydrogen (secondary N) is 1. The number of hydrogen-bond acceptors (Lipinski definition) is 7. The summed E-state index contributed by atoms with van der Waals surface area (Å²) in [6.07, 6.45) is 2.46. The Bertz CT molecular complexity index is 1280. The zero-order valence-electron chi connectivity index (χ0n) is 18.4. The normalized spacial score (nSPS) is 16.3. The summed E-state index contributed by atoms with van der Waals surface area (Å²) in [6, 6.07) is 10.0. The van der Waals surface area contributed by atoms with Gasteiger partial charge in [-0.05, 0) is 43.2 Å². The number of carbonyl (C=O) groups is 4. The number of benzene rings is 2. The molecular formula is C23H23N3O7S. The summed E-state index contributed by atoms with van der Waals surface area (Å²) in [5.41, 5.74) is 0.512. The van der Waals surface area contributed by atoms with Crippen LogP contribution in [-0.2, 0) is 19.6 Å². The highest BCUT2D eigenvalue weighted by Crippen LogP contribution is 2.26. The van der Waals surface area contributed by atoms with Crippen molar-refractivity contribution in [3.8, 4) is 0 Å². The van der Waals surface area contributed by atoms with Crippen molar-refractivity contribution in [2.45, 2.75) is 24.2 Å². The maximum absolute atomic E-state index is 13.0. The number of carbonyl (C=O) groups excluding carboxylic acids is 4. The predicted octanol–water partition coefficient (Wildman–Crippen LogP) is 1.88. The first-order valence-corrected chi connectivity index (χ1v) is 12.2. The van der Waals surface area contributed by atoms with E-state index in [2.05, 4.69) is 5.32 Å². The van der Waals surface area contributed by atoms with Crippen molar-refractivity contribution < 1.29 is 32.3 Å². The maximum Gasteiger partial charge on any atom is 0.340 e. The van der Waals surface area contributed by atoms with Crippen molar-refractivity contribution in [1.29, 1.82) is 0 Å². The highest BCUT2D eigenvalue weighted by Gasteiger charge is 2.33. The Morgan fingerprint density at radius 2 is 1.65 bits per heavy atom. The number of piperidine rings is 1. The first-order chi connectivity index (χ1) is 16.2. The minimum Gasteiger partial charge on any atom is -0.452 e. The van der Waals surface area contributed by atoms with E-state index in [0.717, 1.165) is 24.2 Å². The number of esters is 1. The van der Waals surface area contributed by atoms with Crippen LogP contribution in [0.4, 0.5) is 5.69 Å². The summed E-state index contributed by atoms with van der Waals surface area (Å²) < 4.78 is 32.5. The van der Waals surface area contributed by atoms with Crippen molar-refractivity contribution in [1.82, 2.24) is 9.21 Å². The van der Waals surface area contributed by atoms with Gasteiger partial charge >= 0.3 is 5.97 Å². The molecule has 1 N–H and O–H groups in total. The van der Waals surface area contributed by atoms with Crippen LogP contribution in [0.1, 0.15) is 50.3 Å². The van der Waals surface area contributed by atoms with Crippen LogP contribution in [0.25, 0.3) is 0 Å². The van der Waals surface area contributed by atoms with Gasteiger partial charge in [-0.3, -0.25) is 19.3 Å². The molecule has 3 amide bonds. The Hall–Kier alpha value is -3.57. The molecule has 1 saturated heterocycles. The van der Waals surface area contributed by atoms with Gasteiger partial charge < -0.3 is 10.1 Å². The van der Waals surface area contributed by atoms with Crippen molar-refractivity contribution in [3.63, 3.8) is 0 Å². The van der Waals surface area contributed by atoms with E-state index >= 15 is 0 Å². The third-order valence-corrected chi connectivity index (χ3v) is 7.70. The molecule has 1 fully saturated rings. The smallest absolute Gasteiger partial charge is 0.340 e. The summed E-state index contributed by atoms with van der Waals surface area (Å²) in [5.74, 6) is -2.53. The van der Waals surface area contributed by atoms with Gasteiger partial charge in [0.05, 0.1) is 21.6 Å². The molecule has 2 aliphatic rings. The Kier molecular flexibility index (Phi) is 6.49. The lowest BCUT2D eigenvalue weighted by Crippen LogP contribution is -2.36. The number of ether oxygens (including phenoxy) is 1. The summed E-state index contributed by atoms with van der Waals surface area (Å²) in [5, 5.41) is 2.50. The van der Waals surface area contributed by atoms with Crippen LogP contribution in [0.2, 0.25) is 0 Å². The van der Waals surface area contributed by atoms with Gasteiger partial charge in [-0.15, -0.1) is 0 Å². The largest absolute Gasteiger partial charge is 0.452 e. The zero-order chi connectivity index (χ0) is 24.5. The van der Waals surface area contributed by atoms with Gasteiger partial charge in [0.25, 0.3) is 17.7 Å². The molecule has 4 rings (SSSR count). The Morgan fingerprint density at radius 3 is 2.38 bits per heavy atom. The molecule has 178 valence electrons. The molecule has 0 atom stereocenters. The molecule has 0 radical (unpaired) electrons. The van der Waals surface area contributed by atoms with Crippen LogP contribution < -0.4 is 5.32 Å². The molecule has 0 unspecified atom stereocenters. The first kappa shape index (κ1) is 23.6. The monoisotopic (exact) mass is 485 g/mol. The van der Waals surface area contributed by atoms with Gasteiger partial charge in [-0.25, -0.2) is 13.2 Å². The van der Waals surface area contributed by atoms with Gasteiger partial charge in [0.15, 0.2) is 6.61 Å². The third kappa shape index (κ3) is 4.44. The highest BCUT2D eigenvalue weighted by atomic mass is 32.2. The highest BCUT2D eigenvalue weighted by molar-refractivity contribution is 7.89. The van der Waals surface area contributed by atoms with Gasteiger partial charge in [0.2, 0.25) is 10.0 Å². The average molecular weight is 486 g/mol. The lowest BCUT2D eigenvalue weighted by molar-refractivity contribution is -0.119. The van der Waals surface area contributed by atoms with Gasteiger partial charge in [0, 0.05) is 25.8 Å². The van der Waals surface area contributed by atoms with E-state index in [-0.39, 0.29) is 27.3 Å². The molecule has 2 aromatic carbocycles. The SMILES string of the molecule is CN1C(=O)c2ccc(NC(=O)COC(=O)c3ccccc3S(=O)(=O)N3CCCCC3)cc2C1=O. The molecule has 2 heterocycles. The average Bonchev–Trinajstić information content (AvgIpc) is 3.06. The second-order valence-corrected chi connectivity index (χ2v) is 9.92. The first-order valence-electron chi connectivity index (χ1n) is 10.7. The number of rotatable bonds is 6. The van der Waals surface area contributed by atoms with E-state index < -0.39 is 40.3 Å². The van der Waals surface area contributed by atoms with Crippen LogP contribution in [0, 0.1) is 0 Å². The summed E-state index contributed by atoms with van der Waals surface area (Å²) in [4.78, 5) is 49.9. The molecule has 11 heteroatoms. The van der Waals surface area contributed by atoms with Crippen LogP contribution in [0.15, 0.2) is 47.4 Å².